The van der Waals surface area contributed by atoms with Crippen LogP contribution in [0.25, 0.3) is 0 Å². The van der Waals surface area contributed by atoms with E-state index in [9.17, 15) is 4.79 Å². The van der Waals surface area contributed by atoms with Crippen molar-refractivity contribution >= 4 is 12.1 Å². The van der Waals surface area contributed by atoms with Crippen molar-refractivity contribution in [3.8, 4) is 17.2 Å². The number of hydrogen-bond acceptors (Lipinski definition) is 6. The Hall–Kier alpha value is -2.96. The SMILES string of the molecule is COc1cc(C(=O)N/N=C/c2ccco2)cc(OC)c1OC. The summed E-state index contributed by atoms with van der Waals surface area (Å²) in [6.45, 7) is 0. The number of rotatable bonds is 6. The molecule has 2 rings (SSSR count). The van der Waals surface area contributed by atoms with Gasteiger partial charge in [0.1, 0.15) is 5.76 Å². The molecule has 116 valence electrons. The monoisotopic (exact) mass is 304 g/mol. The van der Waals surface area contributed by atoms with Crippen LogP contribution < -0.4 is 19.6 Å². The van der Waals surface area contributed by atoms with Crippen molar-refractivity contribution in [1.82, 2.24) is 5.43 Å². The first-order valence-electron chi connectivity index (χ1n) is 6.36. The lowest BCUT2D eigenvalue weighted by molar-refractivity contribution is 0.0954. The summed E-state index contributed by atoms with van der Waals surface area (Å²) in [5.41, 5.74) is 2.72. The number of ether oxygens (including phenoxy) is 3. The van der Waals surface area contributed by atoms with Gasteiger partial charge in [0.05, 0.1) is 33.8 Å². The first-order valence-corrected chi connectivity index (χ1v) is 6.36. The Bertz CT molecular complexity index is 640. The number of methoxy groups -OCH3 is 3. The van der Waals surface area contributed by atoms with Gasteiger partial charge in [0.2, 0.25) is 5.75 Å². The molecule has 7 heteroatoms. The molecule has 0 atom stereocenters. The minimum atomic E-state index is -0.415. The van der Waals surface area contributed by atoms with E-state index in [1.165, 1.54) is 33.8 Å². The van der Waals surface area contributed by atoms with Crippen molar-refractivity contribution < 1.29 is 23.4 Å². The van der Waals surface area contributed by atoms with Crippen LogP contribution in [0.3, 0.4) is 0 Å². The Balaban J connectivity index is 2.18. The fourth-order valence-corrected chi connectivity index (χ4v) is 1.80. The minimum Gasteiger partial charge on any atom is -0.493 e. The number of carbonyl (C=O) groups is 1. The van der Waals surface area contributed by atoms with Crippen molar-refractivity contribution in [3.05, 3.63) is 41.9 Å². The van der Waals surface area contributed by atoms with E-state index < -0.39 is 5.91 Å². The summed E-state index contributed by atoms with van der Waals surface area (Å²) in [6, 6.07) is 6.52. The largest absolute Gasteiger partial charge is 0.493 e. The van der Waals surface area contributed by atoms with Crippen LogP contribution >= 0.6 is 0 Å². The summed E-state index contributed by atoms with van der Waals surface area (Å²) in [7, 11) is 4.45. The summed E-state index contributed by atoms with van der Waals surface area (Å²) in [6.07, 6.45) is 2.91. The number of hydrogen-bond donors (Lipinski definition) is 1. The van der Waals surface area contributed by atoms with E-state index in [4.69, 9.17) is 18.6 Å². The summed E-state index contributed by atoms with van der Waals surface area (Å²) in [4.78, 5) is 12.1. The molecule has 0 fully saturated rings. The average Bonchev–Trinajstić information content (AvgIpc) is 3.06. The van der Waals surface area contributed by atoms with Gasteiger partial charge >= 0.3 is 0 Å². The zero-order valence-electron chi connectivity index (χ0n) is 12.5. The third-order valence-corrected chi connectivity index (χ3v) is 2.83. The van der Waals surface area contributed by atoms with Gasteiger partial charge in [-0.15, -0.1) is 0 Å². The topological polar surface area (TPSA) is 82.3 Å². The lowest BCUT2D eigenvalue weighted by atomic mass is 10.1. The van der Waals surface area contributed by atoms with Crippen LogP contribution in [0.1, 0.15) is 16.1 Å². The van der Waals surface area contributed by atoms with Gasteiger partial charge in [-0.1, -0.05) is 0 Å². The standard InChI is InChI=1S/C15H16N2O5/c1-19-12-7-10(8-13(20-2)14(12)21-3)15(18)17-16-9-11-5-4-6-22-11/h4-9H,1-3H3,(H,17,18)/b16-9+. The third kappa shape index (κ3) is 3.38. The normalized spacial score (nSPS) is 10.5. The van der Waals surface area contributed by atoms with Gasteiger partial charge in [0.15, 0.2) is 11.5 Å². The van der Waals surface area contributed by atoms with Crippen LogP contribution in [0, 0.1) is 0 Å². The van der Waals surface area contributed by atoms with E-state index >= 15 is 0 Å². The molecule has 1 heterocycles. The molecular weight excluding hydrogens is 288 g/mol. The maximum Gasteiger partial charge on any atom is 0.271 e. The summed E-state index contributed by atoms with van der Waals surface area (Å²) in [5, 5.41) is 3.81. The molecule has 0 spiro atoms. The molecule has 1 N–H and O–H groups in total. The zero-order valence-corrected chi connectivity index (χ0v) is 12.5. The van der Waals surface area contributed by atoms with Crippen molar-refractivity contribution in [2.45, 2.75) is 0 Å². The Morgan fingerprint density at radius 1 is 1.18 bits per heavy atom. The number of hydrazone groups is 1. The molecule has 0 saturated carbocycles. The highest BCUT2D eigenvalue weighted by Crippen LogP contribution is 2.38. The fraction of sp³-hybridized carbons (Fsp3) is 0.200. The molecule has 2 aromatic rings. The van der Waals surface area contributed by atoms with E-state index in [1.807, 2.05) is 0 Å². The van der Waals surface area contributed by atoms with Gasteiger partial charge in [0.25, 0.3) is 5.91 Å². The molecule has 0 bridgehead atoms. The Morgan fingerprint density at radius 2 is 1.86 bits per heavy atom. The summed E-state index contributed by atoms with van der Waals surface area (Å²) < 4.78 is 20.7. The Kier molecular flexibility index (Phi) is 5.02. The first-order chi connectivity index (χ1) is 10.7. The van der Waals surface area contributed by atoms with Crippen molar-refractivity contribution in [2.75, 3.05) is 21.3 Å². The third-order valence-electron chi connectivity index (χ3n) is 2.83. The van der Waals surface area contributed by atoms with E-state index in [0.29, 0.717) is 28.6 Å². The lowest BCUT2D eigenvalue weighted by Gasteiger charge is -2.13. The second-order valence-corrected chi connectivity index (χ2v) is 4.13. The maximum atomic E-state index is 12.1. The van der Waals surface area contributed by atoms with Crippen LogP contribution in [0.2, 0.25) is 0 Å². The quantitative estimate of drug-likeness (QED) is 0.652. The molecule has 0 aliphatic heterocycles. The van der Waals surface area contributed by atoms with Crippen molar-refractivity contribution in [2.24, 2.45) is 5.10 Å². The van der Waals surface area contributed by atoms with Crippen LogP contribution in [0.4, 0.5) is 0 Å². The summed E-state index contributed by atoms with van der Waals surface area (Å²) in [5.74, 6) is 1.32. The summed E-state index contributed by atoms with van der Waals surface area (Å²) >= 11 is 0. The van der Waals surface area contributed by atoms with Crippen molar-refractivity contribution in [1.29, 1.82) is 0 Å². The van der Waals surface area contributed by atoms with Gasteiger partial charge in [-0.2, -0.15) is 5.10 Å². The highest BCUT2D eigenvalue weighted by Gasteiger charge is 2.16. The highest BCUT2D eigenvalue weighted by molar-refractivity contribution is 5.96. The smallest absolute Gasteiger partial charge is 0.271 e. The Morgan fingerprint density at radius 3 is 2.36 bits per heavy atom. The number of amides is 1. The van der Waals surface area contributed by atoms with E-state index in [0.717, 1.165) is 0 Å². The van der Waals surface area contributed by atoms with Gasteiger partial charge in [-0.3, -0.25) is 4.79 Å². The van der Waals surface area contributed by atoms with E-state index in [-0.39, 0.29) is 0 Å². The van der Waals surface area contributed by atoms with Gasteiger partial charge in [-0.05, 0) is 24.3 Å². The molecule has 1 aromatic heterocycles. The molecule has 0 saturated heterocycles. The van der Waals surface area contributed by atoms with Crippen LogP contribution in [-0.2, 0) is 0 Å². The minimum absolute atomic E-state index is 0.325. The number of nitrogens with zero attached hydrogens (tertiary/aromatic N) is 1. The molecule has 7 nitrogen and oxygen atoms in total. The number of furan rings is 1. The number of nitrogens with one attached hydrogen (secondary N) is 1. The predicted octanol–water partition coefficient (Wildman–Crippen LogP) is 2.07. The second kappa shape index (κ2) is 7.16. The lowest BCUT2D eigenvalue weighted by Crippen LogP contribution is -2.17. The fourth-order valence-electron chi connectivity index (χ4n) is 1.80. The second-order valence-electron chi connectivity index (χ2n) is 4.13. The molecule has 0 unspecified atom stereocenters. The molecule has 0 aliphatic carbocycles. The van der Waals surface area contributed by atoms with Gasteiger partial charge in [0, 0.05) is 5.56 Å². The van der Waals surface area contributed by atoms with Crippen LogP contribution in [0.15, 0.2) is 40.0 Å². The first kappa shape index (κ1) is 15.4. The van der Waals surface area contributed by atoms with Gasteiger partial charge in [-0.25, -0.2) is 5.43 Å². The average molecular weight is 304 g/mol. The molecule has 0 radical (unpaired) electrons. The van der Waals surface area contributed by atoms with E-state index in [1.54, 1.807) is 24.3 Å². The molecule has 1 aromatic carbocycles. The number of carbonyl (C=O) groups excluding carboxylic acids is 1. The molecule has 22 heavy (non-hydrogen) atoms. The predicted molar refractivity (Wildman–Crippen MR) is 79.9 cm³/mol. The maximum absolute atomic E-state index is 12.1. The van der Waals surface area contributed by atoms with Gasteiger partial charge < -0.3 is 18.6 Å². The van der Waals surface area contributed by atoms with Crippen LogP contribution in [0.5, 0.6) is 17.2 Å². The molecule has 0 aliphatic rings. The van der Waals surface area contributed by atoms with Crippen LogP contribution in [-0.4, -0.2) is 33.5 Å². The Labute approximate surface area is 127 Å². The van der Waals surface area contributed by atoms with Crippen molar-refractivity contribution in [3.63, 3.8) is 0 Å². The molecule has 1 amide bonds. The number of benzene rings is 1. The van der Waals surface area contributed by atoms with E-state index in [2.05, 4.69) is 10.5 Å². The highest BCUT2D eigenvalue weighted by atomic mass is 16.5. The molecular formula is C15H16N2O5. The zero-order chi connectivity index (χ0) is 15.9.